The molecule has 1 aromatic carbocycles. The second-order valence-electron chi connectivity index (χ2n) is 7.63. The Balaban J connectivity index is 1.80. The number of fused-ring (bicyclic) bond motifs is 4. The van der Waals surface area contributed by atoms with E-state index >= 15 is 0 Å². The number of hydrogen-bond donors (Lipinski definition) is 2. The smallest absolute Gasteiger partial charge is 0.282 e. The standard InChI is InChI=1S/C19H27N5O4/c1-13(2)21-18(25)12-20-19(26)16-11-15(3-4-17(16)24(27)28)23-10-9-22-7-5-14(23)6-8-22/h3-4,11,13-14H,5-10,12H2,1-2H3,(H,20,26)(H,21,25). The maximum Gasteiger partial charge on any atom is 0.282 e. The molecule has 0 spiro atoms. The zero-order chi connectivity index (χ0) is 20.3. The van der Waals surface area contributed by atoms with Crippen molar-refractivity contribution >= 4 is 23.2 Å². The van der Waals surface area contributed by atoms with Crippen LogP contribution in [0.4, 0.5) is 11.4 Å². The minimum absolute atomic E-state index is 0.0149. The molecule has 0 aromatic heterocycles. The van der Waals surface area contributed by atoms with E-state index in [4.69, 9.17) is 0 Å². The third kappa shape index (κ3) is 4.59. The first-order valence-corrected chi connectivity index (χ1v) is 9.70. The zero-order valence-corrected chi connectivity index (χ0v) is 16.3. The quantitative estimate of drug-likeness (QED) is 0.558. The number of rotatable bonds is 6. The van der Waals surface area contributed by atoms with E-state index < -0.39 is 10.8 Å². The Bertz CT molecular complexity index is 759. The maximum absolute atomic E-state index is 12.6. The van der Waals surface area contributed by atoms with Crippen molar-refractivity contribution < 1.29 is 14.5 Å². The van der Waals surface area contributed by atoms with Crippen molar-refractivity contribution in [2.75, 3.05) is 37.6 Å². The van der Waals surface area contributed by atoms with Gasteiger partial charge in [0, 0.05) is 50.0 Å². The molecule has 9 heteroatoms. The van der Waals surface area contributed by atoms with Crippen LogP contribution in [0.1, 0.15) is 37.0 Å². The van der Waals surface area contributed by atoms with Gasteiger partial charge in [0.25, 0.3) is 11.6 Å². The molecule has 3 aliphatic heterocycles. The van der Waals surface area contributed by atoms with Gasteiger partial charge in [-0.15, -0.1) is 0 Å². The van der Waals surface area contributed by atoms with Gasteiger partial charge in [-0.25, -0.2) is 0 Å². The van der Waals surface area contributed by atoms with E-state index in [1.165, 1.54) is 6.07 Å². The van der Waals surface area contributed by atoms with E-state index in [1.54, 1.807) is 12.1 Å². The predicted molar refractivity (Wildman–Crippen MR) is 106 cm³/mol. The highest BCUT2D eigenvalue weighted by atomic mass is 16.6. The van der Waals surface area contributed by atoms with Crippen LogP contribution in [0.15, 0.2) is 18.2 Å². The third-order valence-electron chi connectivity index (χ3n) is 5.27. The van der Waals surface area contributed by atoms with Gasteiger partial charge in [-0.1, -0.05) is 0 Å². The van der Waals surface area contributed by atoms with Crippen molar-refractivity contribution in [3.8, 4) is 0 Å². The molecule has 0 saturated carbocycles. The minimum Gasteiger partial charge on any atom is -0.367 e. The summed E-state index contributed by atoms with van der Waals surface area (Å²) >= 11 is 0. The van der Waals surface area contributed by atoms with E-state index in [9.17, 15) is 19.7 Å². The fourth-order valence-corrected chi connectivity index (χ4v) is 3.90. The van der Waals surface area contributed by atoms with Crippen LogP contribution in [0.3, 0.4) is 0 Å². The maximum atomic E-state index is 12.6. The highest BCUT2D eigenvalue weighted by Gasteiger charge is 2.30. The molecular weight excluding hydrogens is 362 g/mol. The first-order valence-electron chi connectivity index (χ1n) is 9.70. The van der Waals surface area contributed by atoms with Gasteiger partial charge in [-0.3, -0.25) is 19.7 Å². The zero-order valence-electron chi connectivity index (χ0n) is 16.3. The predicted octanol–water partition coefficient (Wildman–Crippen LogP) is 1.13. The van der Waals surface area contributed by atoms with Gasteiger partial charge >= 0.3 is 0 Å². The Morgan fingerprint density at radius 1 is 1.21 bits per heavy atom. The van der Waals surface area contributed by atoms with Gasteiger partial charge in [0.1, 0.15) is 5.56 Å². The summed E-state index contributed by atoms with van der Waals surface area (Å²) in [6.45, 7) is 7.32. The molecule has 2 N–H and O–H groups in total. The average Bonchev–Trinajstić information content (AvgIpc) is 2.99. The Morgan fingerprint density at radius 3 is 2.57 bits per heavy atom. The van der Waals surface area contributed by atoms with Gasteiger partial charge in [0.15, 0.2) is 0 Å². The number of amides is 2. The molecule has 3 saturated heterocycles. The van der Waals surface area contributed by atoms with Gasteiger partial charge in [0.05, 0.1) is 11.5 Å². The van der Waals surface area contributed by atoms with Crippen LogP contribution in [0.25, 0.3) is 0 Å². The Kier molecular flexibility index (Phi) is 6.13. The second kappa shape index (κ2) is 8.55. The summed E-state index contributed by atoms with van der Waals surface area (Å²) in [6.07, 6.45) is 2.10. The highest BCUT2D eigenvalue weighted by molar-refractivity contribution is 6.00. The topological polar surface area (TPSA) is 108 Å². The molecule has 3 aliphatic rings. The highest BCUT2D eigenvalue weighted by Crippen LogP contribution is 2.30. The molecule has 0 atom stereocenters. The molecule has 3 fully saturated rings. The van der Waals surface area contributed by atoms with Crippen LogP contribution in [0.5, 0.6) is 0 Å². The number of nitro benzene ring substituents is 1. The molecule has 28 heavy (non-hydrogen) atoms. The van der Waals surface area contributed by atoms with E-state index in [0.29, 0.717) is 6.04 Å². The van der Waals surface area contributed by atoms with Gasteiger partial charge in [-0.2, -0.15) is 0 Å². The summed E-state index contributed by atoms with van der Waals surface area (Å²) in [5.74, 6) is -0.948. The van der Waals surface area contributed by atoms with Crippen LogP contribution >= 0.6 is 0 Å². The molecule has 0 unspecified atom stereocenters. The molecule has 2 bridgehead atoms. The average molecular weight is 389 g/mol. The van der Waals surface area contributed by atoms with Crippen LogP contribution in [0, 0.1) is 10.1 Å². The van der Waals surface area contributed by atoms with Gasteiger partial charge in [-0.05, 0) is 38.8 Å². The monoisotopic (exact) mass is 389 g/mol. The molecular formula is C19H27N5O4. The number of benzene rings is 1. The Hall–Kier alpha value is -2.68. The number of piperidine rings is 1. The van der Waals surface area contributed by atoms with Gasteiger partial charge < -0.3 is 20.4 Å². The van der Waals surface area contributed by atoms with Crippen LogP contribution in [0.2, 0.25) is 0 Å². The number of nitrogens with one attached hydrogen (secondary N) is 2. The number of nitro groups is 1. The summed E-state index contributed by atoms with van der Waals surface area (Å²) in [4.78, 5) is 39.9. The van der Waals surface area contributed by atoms with Crippen molar-refractivity contribution in [1.29, 1.82) is 0 Å². The summed E-state index contributed by atoms with van der Waals surface area (Å²) in [7, 11) is 0. The summed E-state index contributed by atoms with van der Waals surface area (Å²) in [5, 5.41) is 16.6. The first kappa shape index (κ1) is 20.1. The lowest BCUT2D eigenvalue weighted by atomic mass is 10.0. The number of nitrogens with zero attached hydrogens (tertiary/aromatic N) is 3. The van der Waals surface area contributed by atoms with E-state index in [1.807, 2.05) is 13.8 Å². The van der Waals surface area contributed by atoms with E-state index in [-0.39, 0.29) is 29.7 Å². The normalized spacial score (nSPS) is 21.3. The lowest BCUT2D eigenvalue weighted by molar-refractivity contribution is -0.385. The van der Waals surface area contributed by atoms with Crippen molar-refractivity contribution in [1.82, 2.24) is 15.5 Å². The van der Waals surface area contributed by atoms with E-state index in [0.717, 1.165) is 44.7 Å². The fourth-order valence-electron chi connectivity index (χ4n) is 3.90. The summed E-state index contributed by atoms with van der Waals surface area (Å²) in [6, 6.07) is 5.02. The van der Waals surface area contributed by atoms with Crippen molar-refractivity contribution in [2.24, 2.45) is 0 Å². The molecule has 4 rings (SSSR count). The van der Waals surface area contributed by atoms with Crippen molar-refractivity contribution in [3.05, 3.63) is 33.9 Å². The van der Waals surface area contributed by atoms with E-state index in [2.05, 4.69) is 20.4 Å². The summed E-state index contributed by atoms with van der Waals surface area (Å²) < 4.78 is 0. The SMILES string of the molecule is CC(C)NC(=O)CNC(=O)c1cc(N2CCN3CCC2CC3)ccc1[N+](=O)[O-]. The molecule has 9 nitrogen and oxygen atoms in total. The summed E-state index contributed by atoms with van der Waals surface area (Å²) in [5.41, 5.74) is 0.545. The molecule has 152 valence electrons. The van der Waals surface area contributed by atoms with Crippen LogP contribution in [-0.2, 0) is 4.79 Å². The third-order valence-corrected chi connectivity index (χ3v) is 5.27. The largest absolute Gasteiger partial charge is 0.367 e. The minimum atomic E-state index is -0.615. The molecule has 2 amide bonds. The van der Waals surface area contributed by atoms with Crippen LogP contribution in [-0.4, -0.2) is 66.4 Å². The van der Waals surface area contributed by atoms with Crippen LogP contribution < -0.4 is 15.5 Å². The molecule has 0 aliphatic carbocycles. The molecule has 1 aromatic rings. The Morgan fingerprint density at radius 2 is 1.93 bits per heavy atom. The molecule has 0 radical (unpaired) electrons. The van der Waals surface area contributed by atoms with Gasteiger partial charge in [0.2, 0.25) is 5.91 Å². The lowest BCUT2D eigenvalue weighted by Crippen LogP contribution is -2.40. The fraction of sp³-hybridized carbons (Fsp3) is 0.579. The van der Waals surface area contributed by atoms with Crippen molar-refractivity contribution in [3.63, 3.8) is 0 Å². The first-order chi connectivity index (χ1) is 13.3. The number of carbonyl (C=O) groups excluding carboxylic acids is 2. The lowest BCUT2D eigenvalue weighted by Gasteiger charge is -2.33. The Labute approximate surface area is 164 Å². The number of carbonyl (C=O) groups is 2. The van der Waals surface area contributed by atoms with Crippen molar-refractivity contribution in [2.45, 2.75) is 38.8 Å². The number of hydrogen-bond acceptors (Lipinski definition) is 6. The number of anilines is 1. The second-order valence-corrected chi connectivity index (χ2v) is 7.63. The molecule has 3 heterocycles.